The van der Waals surface area contributed by atoms with E-state index in [1.165, 1.54) is 16.8 Å². The minimum atomic E-state index is 0.753. The molecule has 0 radical (unpaired) electrons. The van der Waals surface area contributed by atoms with E-state index in [1.54, 1.807) is 0 Å². The summed E-state index contributed by atoms with van der Waals surface area (Å²) < 4.78 is 0. The smallest absolute Gasteiger partial charge is 0.0487 e. The van der Waals surface area contributed by atoms with Crippen LogP contribution in [0.1, 0.15) is 0 Å². The van der Waals surface area contributed by atoms with Crippen LogP contribution in [0.25, 0.3) is 11.1 Å². The van der Waals surface area contributed by atoms with Gasteiger partial charge in [-0.3, -0.25) is 0 Å². The SMILES string of the molecule is CN(c1ccc(Cl)cc1)c1ccccc1-c1ccccc1. The molecular weight excluding hydrogens is 278 g/mol. The fourth-order valence-electron chi connectivity index (χ4n) is 2.43. The first-order valence-electron chi connectivity index (χ1n) is 6.89. The molecule has 0 spiro atoms. The molecule has 0 fully saturated rings. The summed E-state index contributed by atoms with van der Waals surface area (Å²) in [4.78, 5) is 2.18. The summed E-state index contributed by atoms with van der Waals surface area (Å²) in [6, 6.07) is 26.7. The Morgan fingerprint density at radius 1 is 0.714 bits per heavy atom. The molecule has 0 saturated heterocycles. The van der Waals surface area contributed by atoms with E-state index in [2.05, 4.69) is 60.5 Å². The normalized spacial score (nSPS) is 10.4. The molecule has 0 bridgehead atoms. The Morgan fingerprint density at radius 2 is 1.33 bits per heavy atom. The van der Waals surface area contributed by atoms with Gasteiger partial charge in [-0.25, -0.2) is 0 Å². The van der Waals surface area contributed by atoms with Crippen LogP contribution < -0.4 is 4.90 Å². The molecule has 2 heteroatoms. The van der Waals surface area contributed by atoms with Crippen molar-refractivity contribution in [3.8, 4) is 11.1 Å². The predicted molar refractivity (Wildman–Crippen MR) is 91.4 cm³/mol. The Hall–Kier alpha value is -2.25. The highest BCUT2D eigenvalue weighted by Crippen LogP contribution is 2.34. The van der Waals surface area contributed by atoms with Gasteiger partial charge in [0.1, 0.15) is 0 Å². The number of halogens is 1. The number of para-hydroxylation sites is 1. The number of hydrogen-bond donors (Lipinski definition) is 0. The molecule has 3 rings (SSSR count). The quantitative estimate of drug-likeness (QED) is 0.592. The lowest BCUT2D eigenvalue weighted by Gasteiger charge is -2.23. The molecule has 0 unspecified atom stereocenters. The van der Waals surface area contributed by atoms with Crippen molar-refractivity contribution < 1.29 is 0 Å². The second-order valence-electron chi connectivity index (χ2n) is 4.92. The van der Waals surface area contributed by atoms with Gasteiger partial charge in [-0.1, -0.05) is 60.1 Å². The number of nitrogens with zero attached hydrogens (tertiary/aromatic N) is 1. The van der Waals surface area contributed by atoms with E-state index in [0.717, 1.165) is 10.7 Å². The molecule has 1 nitrogen and oxygen atoms in total. The van der Waals surface area contributed by atoms with Gasteiger partial charge >= 0.3 is 0 Å². The topological polar surface area (TPSA) is 3.24 Å². The highest BCUT2D eigenvalue weighted by molar-refractivity contribution is 6.30. The van der Waals surface area contributed by atoms with E-state index in [4.69, 9.17) is 11.6 Å². The van der Waals surface area contributed by atoms with E-state index >= 15 is 0 Å². The Labute approximate surface area is 130 Å². The first-order valence-corrected chi connectivity index (χ1v) is 7.27. The van der Waals surface area contributed by atoms with Crippen molar-refractivity contribution in [2.24, 2.45) is 0 Å². The molecule has 0 N–H and O–H groups in total. The van der Waals surface area contributed by atoms with E-state index in [1.807, 2.05) is 30.3 Å². The summed E-state index contributed by atoms with van der Waals surface area (Å²) in [5.41, 5.74) is 4.72. The molecule has 104 valence electrons. The average Bonchev–Trinajstić information content (AvgIpc) is 2.56. The largest absolute Gasteiger partial charge is 0.344 e. The highest BCUT2D eigenvalue weighted by Gasteiger charge is 2.10. The zero-order valence-electron chi connectivity index (χ0n) is 11.8. The van der Waals surface area contributed by atoms with Crippen LogP contribution in [0.15, 0.2) is 78.9 Å². The summed E-state index contributed by atoms with van der Waals surface area (Å²) in [6.07, 6.45) is 0. The third-order valence-corrected chi connectivity index (χ3v) is 3.82. The Bertz CT molecular complexity index is 720. The van der Waals surface area contributed by atoms with Crippen molar-refractivity contribution in [1.82, 2.24) is 0 Å². The summed E-state index contributed by atoms with van der Waals surface area (Å²) in [5, 5.41) is 0.753. The van der Waals surface area contributed by atoms with Crippen molar-refractivity contribution in [1.29, 1.82) is 0 Å². The molecule has 0 aromatic heterocycles. The molecule has 0 aliphatic rings. The van der Waals surface area contributed by atoms with E-state index in [9.17, 15) is 0 Å². The summed E-state index contributed by atoms with van der Waals surface area (Å²) in [6.45, 7) is 0. The number of hydrogen-bond acceptors (Lipinski definition) is 1. The highest BCUT2D eigenvalue weighted by atomic mass is 35.5. The van der Waals surface area contributed by atoms with Crippen LogP contribution in [-0.2, 0) is 0 Å². The fourth-order valence-corrected chi connectivity index (χ4v) is 2.56. The van der Waals surface area contributed by atoms with Crippen LogP contribution >= 0.6 is 11.6 Å². The van der Waals surface area contributed by atoms with Crippen molar-refractivity contribution >= 4 is 23.0 Å². The third kappa shape index (κ3) is 2.93. The molecular formula is C19H16ClN. The summed E-state index contributed by atoms with van der Waals surface area (Å²) in [7, 11) is 2.07. The zero-order valence-corrected chi connectivity index (χ0v) is 12.6. The maximum absolute atomic E-state index is 5.97. The molecule has 0 aliphatic heterocycles. The second-order valence-corrected chi connectivity index (χ2v) is 5.36. The Morgan fingerprint density at radius 3 is 2.05 bits per heavy atom. The van der Waals surface area contributed by atoms with Crippen LogP contribution in [0.4, 0.5) is 11.4 Å². The van der Waals surface area contributed by atoms with Gasteiger partial charge in [0.2, 0.25) is 0 Å². The molecule has 0 atom stereocenters. The molecule has 0 saturated carbocycles. The van der Waals surface area contributed by atoms with Crippen molar-refractivity contribution in [3.63, 3.8) is 0 Å². The van der Waals surface area contributed by atoms with Crippen LogP contribution in [0.3, 0.4) is 0 Å². The van der Waals surface area contributed by atoms with Gasteiger partial charge in [-0.05, 0) is 35.9 Å². The van der Waals surface area contributed by atoms with E-state index in [0.29, 0.717) is 0 Å². The maximum Gasteiger partial charge on any atom is 0.0487 e. The molecule has 3 aromatic rings. The minimum absolute atomic E-state index is 0.753. The minimum Gasteiger partial charge on any atom is -0.344 e. The number of benzene rings is 3. The van der Waals surface area contributed by atoms with Gasteiger partial charge in [0.05, 0.1) is 0 Å². The molecule has 0 aliphatic carbocycles. The second kappa shape index (κ2) is 6.02. The van der Waals surface area contributed by atoms with Crippen molar-refractivity contribution in [2.75, 3.05) is 11.9 Å². The average molecular weight is 294 g/mol. The van der Waals surface area contributed by atoms with E-state index in [-0.39, 0.29) is 0 Å². The lowest BCUT2D eigenvalue weighted by Crippen LogP contribution is -2.10. The van der Waals surface area contributed by atoms with Gasteiger partial charge in [0, 0.05) is 29.0 Å². The Balaban J connectivity index is 2.05. The first kappa shape index (κ1) is 13.7. The lowest BCUT2D eigenvalue weighted by molar-refractivity contribution is 1.21. The predicted octanol–water partition coefficient (Wildman–Crippen LogP) is 5.77. The van der Waals surface area contributed by atoms with Gasteiger partial charge in [0.25, 0.3) is 0 Å². The zero-order chi connectivity index (χ0) is 14.7. The Kier molecular flexibility index (Phi) is 3.94. The monoisotopic (exact) mass is 293 g/mol. The van der Waals surface area contributed by atoms with Crippen LogP contribution in [0.2, 0.25) is 5.02 Å². The van der Waals surface area contributed by atoms with Gasteiger partial charge in [0.15, 0.2) is 0 Å². The molecule has 3 aromatic carbocycles. The van der Waals surface area contributed by atoms with Gasteiger partial charge in [-0.2, -0.15) is 0 Å². The van der Waals surface area contributed by atoms with Crippen molar-refractivity contribution in [3.05, 3.63) is 83.9 Å². The first-order chi connectivity index (χ1) is 10.3. The fraction of sp³-hybridized carbons (Fsp3) is 0.0526. The lowest BCUT2D eigenvalue weighted by atomic mass is 10.0. The molecule has 21 heavy (non-hydrogen) atoms. The summed E-state index contributed by atoms with van der Waals surface area (Å²) >= 11 is 5.97. The van der Waals surface area contributed by atoms with Crippen LogP contribution in [0.5, 0.6) is 0 Å². The van der Waals surface area contributed by atoms with Crippen LogP contribution in [0, 0.1) is 0 Å². The third-order valence-electron chi connectivity index (χ3n) is 3.56. The van der Waals surface area contributed by atoms with Crippen molar-refractivity contribution in [2.45, 2.75) is 0 Å². The van der Waals surface area contributed by atoms with Gasteiger partial charge in [-0.15, -0.1) is 0 Å². The molecule has 0 amide bonds. The standard InChI is InChI=1S/C19H16ClN/c1-21(17-13-11-16(20)12-14-17)19-10-6-5-9-18(19)15-7-3-2-4-8-15/h2-14H,1H3. The number of rotatable bonds is 3. The molecule has 0 heterocycles. The summed E-state index contributed by atoms with van der Waals surface area (Å²) in [5.74, 6) is 0. The number of anilines is 2. The maximum atomic E-state index is 5.97. The van der Waals surface area contributed by atoms with Gasteiger partial charge < -0.3 is 4.90 Å². The van der Waals surface area contributed by atoms with E-state index < -0.39 is 0 Å². The van der Waals surface area contributed by atoms with Crippen LogP contribution in [-0.4, -0.2) is 7.05 Å².